The first-order valence-electron chi connectivity index (χ1n) is 9.19. The molecule has 0 saturated carbocycles. The highest BCUT2D eigenvalue weighted by molar-refractivity contribution is 7.85. The number of alkyl halides is 6. The fraction of sp³-hybridized carbons (Fsp3) is 0.444. The van der Waals surface area contributed by atoms with Crippen LogP contribution in [-0.4, -0.2) is 36.4 Å². The zero-order valence-corrected chi connectivity index (χ0v) is 21.5. The molecule has 1 aromatic carbocycles. The SMILES string of the molecule is CCCOC(Nc1c(S(=O)CC)c(C#N)nn1-c1c(Cl)cc(C(F)(F)F)cc1Cl)C(Cl)(Cl)Cl. The molecule has 2 rings (SSSR count). The van der Waals surface area contributed by atoms with E-state index < -0.39 is 42.6 Å². The molecule has 2 unspecified atom stereocenters. The molecule has 0 fully saturated rings. The van der Waals surface area contributed by atoms with E-state index in [4.69, 9.17) is 62.7 Å². The Morgan fingerprint density at radius 1 is 1.24 bits per heavy atom. The second kappa shape index (κ2) is 11.2. The molecule has 33 heavy (non-hydrogen) atoms. The maximum atomic E-state index is 13.2. The Morgan fingerprint density at radius 2 is 1.82 bits per heavy atom. The Bertz CT molecular complexity index is 1060. The molecule has 1 heterocycles. The van der Waals surface area contributed by atoms with E-state index in [-0.39, 0.29) is 34.5 Å². The van der Waals surface area contributed by atoms with Gasteiger partial charge in [0, 0.05) is 12.4 Å². The number of anilines is 1. The van der Waals surface area contributed by atoms with Gasteiger partial charge in [0.15, 0.2) is 11.9 Å². The number of halogens is 8. The highest BCUT2D eigenvalue weighted by Crippen LogP contribution is 2.41. The van der Waals surface area contributed by atoms with Crippen LogP contribution in [0.25, 0.3) is 5.69 Å². The summed E-state index contributed by atoms with van der Waals surface area (Å²) >= 11 is 30.3. The highest BCUT2D eigenvalue weighted by atomic mass is 35.6. The number of nitrogens with zero attached hydrogens (tertiary/aromatic N) is 3. The van der Waals surface area contributed by atoms with E-state index in [0.717, 1.165) is 4.68 Å². The van der Waals surface area contributed by atoms with E-state index in [1.165, 1.54) is 0 Å². The summed E-state index contributed by atoms with van der Waals surface area (Å²) in [4.78, 5) is -0.0774. The number of nitriles is 1. The van der Waals surface area contributed by atoms with Gasteiger partial charge in [0.1, 0.15) is 22.5 Å². The second-order valence-electron chi connectivity index (χ2n) is 6.41. The maximum Gasteiger partial charge on any atom is 0.416 e. The van der Waals surface area contributed by atoms with Crippen molar-refractivity contribution in [1.82, 2.24) is 9.78 Å². The molecule has 0 aliphatic carbocycles. The normalized spacial score (nSPS) is 14.1. The van der Waals surface area contributed by atoms with E-state index in [2.05, 4.69) is 10.4 Å². The van der Waals surface area contributed by atoms with Gasteiger partial charge in [-0.2, -0.15) is 23.5 Å². The molecule has 0 spiro atoms. The van der Waals surface area contributed by atoms with Gasteiger partial charge in [-0.25, -0.2) is 4.68 Å². The standard InChI is InChI=1S/C18H16Cl5F3N4O2S/c1-3-5-32-16(17(21,22)23)28-15-14(33(31)4-2)12(8-27)29-30(15)13-10(19)6-9(7-11(13)20)18(24,25)26/h6-7,16,28H,3-5H2,1-2H3. The molecule has 0 aliphatic rings. The van der Waals surface area contributed by atoms with Crippen molar-refractivity contribution in [3.8, 4) is 11.8 Å². The van der Waals surface area contributed by atoms with Crippen molar-refractivity contribution in [2.45, 2.75) is 41.4 Å². The van der Waals surface area contributed by atoms with E-state index in [1.807, 2.05) is 6.92 Å². The Hall–Kier alpha value is -0.930. The number of nitrogens with one attached hydrogen (secondary N) is 1. The minimum Gasteiger partial charge on any atom is -0.354 e. The minimum absolute atomic E-state index is 0.0774. The van der Waals surface area contributed by atoms with Gasteiger partial charge in [0.05, 0.1) is 26.4 Å². The van der Waals surface area contributed by atoms with Crippen molar-refractivity contribution >= 4 is 74.6 Å². The third-order valence-electron chi connectivity index (χ3n) is 4.05. The molecule has 0 radical (unpaired) electrons. The fourth-order valence-electron chi connectivity index (χ4n) is 2.63. The zero-order chi connectivity index (χ0) is 25.1. The summed E-state index contributed by atoms with van der Waals surface area (Å²) in [5, 5.41) is 15.5. The Morgan fingerprint density at radius 3 is 2.24 bits per heavy atom. The molecule has 6 nitrogen and oxygen atoms in total. The first-order valence-corrected chi connectivity index (χ1v) is 12.4. The van der Waals surface area contributed by atoms with Gasteiger partial charge in [0.25, 0.3) is 0 Å². The molecular weight excluding hydrogens is 571 g/mol. The lowest BCUT2D eigenvalue weighted by atomic mass is 10.2. The van der Waals surface area contributed by atoms with Gasteiger partial charge in [0.2, 0.25) is 3.79 Å². The van der Waals surface area contributed by atoms with Gasteiger partial charge in [-0.3, -0.25) is 4.21 Å². The molecule has 0 aliphatic heterocycles. The zero-order valence-electron chi connectivity index (χ0n) is 16.9. The van der Waals surface area contributed by atoms with Crippen LogP contribution in [-0.2, 0) is 21.7 Å². The van der Waals surface area contributed by atoms with Crippen molar-refractivity contribution in [2.24, 2.45) is 0 Å². The van der Waals surface area contributed by atoms with E-state index in [0.29, 0.717) is 18.6 Å². The molecule has 0 bridgehead atoms. The lowest BCUT2D eigenvalue weighted by Crippen LogP contribution is -2.37. The van der Waals surface area contributed by atoms with Gasteiger partial charge in [-0.05, 0) is 18.6 Å². The second-order valence-corrected chi connectivity index (χ2v) is 11.3. The first-order chi connectivity index (χ1) is 15.3. The van der Waals surface area contributed by atoms with Gasteiger partial charge in [-0.15, -0.1) is 0 Å². The summed E-state index contributed by atoms with van der Waals surface area (Å²) < 4.78 is 56.7. The van der Waals surface area contributed by atoms with Crippen LogP contribution in [0.5, 0.6) is 0 Å². The third-order valence-corrected chi connectivity index (χ3v) is 6.58. The smallest absolute Gasteiger partial charge is 0.354 e. The van der Waals surface area contributed by atoms with Gasteiger partial charge in [-0.1, -0.05) is 71.9 Å². The average Bonchev–Trinajstić information content (AvgIpc) is 3.06. The molecule has 1 aromatic heterocycles. The summed E-state index contributed by atoms with van der Waals surface area (Å²) in [5.41, 5.74) is -1.59. The van der Waals surface area contributed by atoms with Crippen LogP contribution in [0.1, 0.15) is 31.5 Å². The largest absolute Gasteiger partial charge is 0.416 e. The molecule has 0 saturated heterocycles. The summed E-state index contributed by atoms with van der Waals surface area (Å²) in [5.74, 6) is -0.0552. The highest BCUT2D eigenvalue weighted by Gasteiger charge is 2.37. The maximum absolute atomic E-state index is 13.2. The molecule has 2 atom stereocenters. The minimum atomic E-state index is -4.71. The lowest BCUT2D eigenvalue weighted by Gasteiger charge is -2.27. The van der Waals surface area contributed by atoms with Crippen molar-refractivity contribution in [3.05, 3.63) is 33.4 Å². The Kier molecular flexibility index (Phi) is 9.61. The topological polar surface area (TPSA) is 79.9 Å². The number of ether oxygens (including phenoxy) is 1. The van der Waals surface area contributed by atoms with Crippen LogP contribution < -0.4 is 5.32 Å². The van der Waals surface area contributed by atoms with Crippen molar-refractivity contribution < 1.29 is 22.1 Å². The summed E-state index contributed by atoms with van der Waals surface area (Å²) in [7, 11) is -1.77. The van der Waals surface area contributed by atoms with Crippen LogP contribution in [0.4, 0.5) is 19.0 Å². The van der Waals surface area contributed by atoms with Crippen LogP contribution in [0.2, 0.25) is 10.0 Å². The van der Waals surface area contributed by atoms with Crippen LogP contribution >= 0.6 is 58.0 Å². The lowest BCUT2D eigenvalue weighted by molar-refractivity contribution is -0.137. The molecule has 2 aromatic rings. The molecule has 1 N–H and O–H groups in total. The molecular formula is C18H16Cl5F3N4O2S. The van der Waals surface area contributed by atoms with Gasteiger partial charge >= 0.3 is 6.18 Å². The van der Waals surface area contributed by atoms with Crippen LogP contribution in [0.15, 0.2) is 17.0 Å². The van der Waals surface area contributed by atoms with Crippen molar-refractivity contribution in [3.63, 3.8) is 0 Å². The van der Waals surface area contributed by atoms with E-state index in [9.17, 15) is 22.6 Å². The monoisotopic (exact) mass is 584 g/mol. The predicted molar refractivity (Wildman–Crippen MR) is 124 cm³/mol. The van der Waals surface area contributed by atoms with Crippen LogP contribution in [0.3, 0.4) is 0 Å². The molecule has 0 amide bonds. The molecule has 15 heteroatoms. The average molecular weight is 587 g/mol. The van der Waals surface area contributed by atoms with Crippen LogP contribution in [0, 0.1) is 11.3 Å². The summed E-state index contributed by atoms with van der Waals surface area (Å²) in [6.45, 7) is 3.57. The third kappa shape index (κ3) is 6.60. The summed E-state index contributed by atoms with van der Waals surface area (Å²) in [6, 6.07) is 3.10. The number of hydrogen-bond acceptors (Lipinski definition) is 5. The number of rotatable bonds is 8. The number of hydrogen-bond donors (Lipinski definition) is 1. The predicted octanol–water partition coefficient (Wildman–Crippen LogP) is 6.73. The molecule has 182 valence electrons. The quantitative estimate of drug-likeness (QED) is 0.274. The van der Waals surface area contributed by atoms with Crippen molar-refractivity contribution in [2.75, 3.05) is 17.7 Å². The first kappa shape index (κ1) is 28.3. The van der Waals surface area contributed by atoms with E-state index >= 15 is 0 Å². The van der Waals surface area contributed by atoms with E-state index in [1.54, 1.807) is 13.0 Å². The summed E-state index contributed by atoms with van der Waals surface area (Å²) in [6.07, 6.45) is -5.46. The number of aromatic nitrogens is 2. The fourth-order valence-corrected chi connectivity index (χ4v) is 4.59. The van der Waals surface area contributed by atoms with Gasteiger partial charge < -0.3 is 10.1 Å². The Labute approximate surface area is 215 Å². The Balaban J connectivity index is 2.81. The number of benzene rings is 1. The van der Waals surface area contributed by atoms with Crippen molar-refractivity contribution in [1.29, 1.82) is 5.26 Å².